The lowest BCUT2D eigenvalue weighted by molar-refractivity contribution is -0.237. The van der Waals surface area contributed by atoms with Gasteiger partial charge in [0, 0.05) is 19.1 Å². The van der Waals surface area contributed by atoms with E-state index in [1.807, 2.05) is 30.3 Å². The highest BCUT2D eigenvalue weighted by Gasteiger charge is 2.53. The first kappa shape index (κ1) is 24.4. The van der Waals surface area contributed by atoms with Crippen LogP contribution in [0.1, 0.15) is 51.4 Å². The van der Waals surface area contributed by atoms with Crippen molar-refractivity contribution in [3.05, 3.63) is 30.3 Å². The van der Waals surface area contributed by atoms with Crippen LogP contribution in [0.15, 0.2) is 30.3 Å². The molecule has 3 aliphatic heterocycles. The molecule has 8 atom stereocenters. The maximum Gasteiger partial charge on any atom is 0.182 e. The molecule has 3 heterocycles. The number of ether oxygens (including phenoxy) is 7. The Labute approximate surface area is 201 Å². The summed E-state index contributed by atoms with van der Waals surface area (Å²) in [4.78, 5) is 0. The molecule has 0 amide bonds. The second-order valence-electron chi connectivity index (χ2n) is 9.67. The molecule has 1 aliphatic carbocycles. The minimum absolute atomic E-state index is 0.0258. The zero-order valence-corrected chi connectivity index (χ0v) is 19.8. The minimum Gasteiger partial charge on any atom is -0.491 e. The molecule has 0 spiro atoms. The molecule has 3 saturated heterocycles. The van der Waals surface area contributed by atoms with E-state index in [-0.39, 0.29) is 36.8 Å². The largest absolute Gasteiger partial charge is 0.491 e. The molecular formula is C26H38O8. The zero-order valence-electron chi connectivity index (χ0n) is 19.8. The third-order valence-electron chi connectivity index (χ3n) is 7.17. The van der Waals surface area contributed by atoms with E-state index in [4.69, 9.17) is 33.2 Å². The van der Waals surface area contributed by atoms with Gasteiger partial charge in [0.25, 0.3) is 0 Å². The number of aliphatic hydroxyl groups excluding tert-OH is 1. The Kier molecular flexibility index (Phi) is 8.71. The highest BCUT2D eigenvalue weighted by atomic mass is 16.7. The van der Waals surface area contributed by atoms with Crippen LogP contribution in [0.4, 0.5) is 0 Å². The maximum absolute atomic E-state index is 10.5. The molecule has 8 heteroatoms. The van der Waals surface area contributed by atoms with Gasteiger partial charge in [-0.15, -0.1) is 0 Å². The van der Waals surface area contributed by atoms with Gasteiger partial charge in [0.05, 0.1) is 18.8 Å². The molecule has 1 aromatic carbocycles. The number of para-hydroxylation sites is 1. The molecular weight excluding hydrogens is 440 g/mol. The maximum atomic E-state index is 10.5. The molecule has 7 unspecified atom stereocenters. The molecule has 34 heavy (non-hydrogen) atoms. The van der Waals surface area contributed by atoms with Gasteiger partial charge in [-0.2, -0.15) is 0 Å². The number of fused-ring (bicyclic) bond motifs is 1. The smallest absolute Gasteiger partial charge is 0.182 e. The highest BCUT2D eigenvalue weighted by Crippen LogP contribution is 2.42. The molecule has 0 radical (unpaired) electrons. The van der Waals surface area contributed by atoms with Crippen molar-refractivity contribution in [2.45, 2.75) is 94.7 Å². The molecule has 8 nitrogen and oxygen atoms in total. The van der Waals surface area contributed by atoms with Crippen LogP contribution in [0.25, 0.3) is 0 Å². The summed E-state index contributed by atoms with van der Waals surface area (Å²) in [5.74, 6) is 0.775. The summed E-state index contributed by atoms with van der Waals surface area (Å²) in [5.41, 5.74) is 0. The van der Waals surface area contributed by atoms with Crippen molar-refractivity contribution in [3.63, 3.8) is 0 Å². The molecule has 4 aliphatic rings. The van der Waals surface area contributed by atoms with E-state index in [2.05, 4.69) is 0 Å². The van der Waals surface area contributed by atoms with E-state index in [9.17, 15) is 5.11 Å². The summed E-state index contributed by atoms with van der Waals surface area (Å²) in [6, 6.07) is 9.73. The Morgan fingerprint density at radius 3 is 2.38 bits per heavy atom. The van der Waals surface area contributed by atoms with Gasteiger partial charge in [0.15, 0.2) is 18.9 Å². The van der Waals surface area contributed by atoms with Gasteiger partial charge in [-0.1, -0.05) is 18.2 Å². The van der Waals surface area contributed by atoms with Crippen LogP contribution in [0.3, 0.4) is 0 Å². The van der Waals surface area contributed by atoms with Crippen LogP contribution in [0.2, 0.25) is 0 Å². The van der Waals surface area contributed by atoms with Gasteiger partial charge < -0.3 is 38.3 Å². The predicted molar refractivity (Wildman–Crippen MR) is 122 cm³/mol. The number of benzene rings is 1. The van der Waals surface area contributed by atoms with Crippen LogP contribution in [0, 0.1) is 5.92 Å². The lowest BCUT2D eigenvalue weighted by atomic mass is 9.98. The van der Waals surface area contributed by atoms with Gasteiger partial charge in [0.2, 0.25) is 0 Å². The number of rotatable bonds is 10. The Morgan fingerprint density at radius 2 is 1.65 bits per heavy atom. The van der Waals surface area contributed by atoms with E-state index in [0.717, 1.165) is 63.7 Å². The number of hydrogen-bond donors (Lipinski definition) is 1. The quantitative estimate of drug-likeness (QED) is 0.548. The molecule has 4 fully saturated rings. The third kappa shape index (κ3) is 6.29. The summed E-state index contributed by atoms with van der Waals surface area (Å²) in [5, 5.41) is 10.5. The topological polar surface area (TPSA) is 84.8 Å². The highest BCUT2D eigenvalue weighted by molar-refractivity contribution is 5.20. The standard InChI is InChI=1S/C26H38O8/c27-26-25(34-23-11-5-7-15-29-23)24-20(12-13-21(24)33-26)31-17-19(32-22-10-4-6-14-28-22)16-30-18-8-2-1-3-9-18/h1-3,8-9,19-27H,4-7,10-17H2/t19?,20?,21?,22?,23?,24-,25?,26?/m1/s1. The molecule has 1 N–H and O–H groups in total. The van der Waals surface area contributed by atoms with Crippen molar-refractivity contribution in [2.24, 2.45) is 5.92 Å². The molecule has 0 bridgehead atoms. The van der Waals surface area contributed by atoms with Gasteiger partial charge >= 0.3 is 0 Å². The number of aliphatic hydroxyl groups is 1. The van der Waals surface area contributed by atoms with E-state index in [0.29, 0.717) is 19.8 Å². The predicted octanol–water partition coefficient (Wildman–Crippen LogP) is 3.40. The van der Waals surface area contributed by atoms with E-state index >= 15 is 0 Å². The van der Waals surface area contributed by atoms with Crippen LogP contribution < -0.4 is 4.74 Å². The lowest BCUT2D eigenvalue weighted by Gasteiger charge is -2.32. The Balaban J connectivity index is 1.18. The second kappa shape index (κ2) is 12.1. The first-order chi connectivity index (χ1) is 16.8. The lowest BCUT2D eigenvalue weighted by Crippen LogP contribution is -2.42. The van der Waals surface area contributed by atoms with E-state index < -0.39 is 12.4 Å². The van der Waals surface area contributed by atoms with Gasteiger partial charge in [-0.25, -0.2) is 0 Å². The molecule has 0 aromatic heterocycles. The van der Waals surface area contributed by atoms with Gasteiger partial charge in [-0.05, 0) is 63.5 Å². The Hall–Kier alpha value is -1.26. The first-order valence-corrected chi connectivity index (χ1v) is 12.9. The van der Waals surface area contributed by atoms with Crippen LogP contribution in [0.5, 0.6) is 5.75 Å². The van der Waals surface area contributed by atoms with Crippen molar-refractivity contribution in [1.82, 2.24) is 0 Å². The average molecular weight is 479 g/mol. The second-order valence-corrected chi connectivity index (χ2v) is 9.67. The summed E-state index contributed by atoms with van der Waals surface area (Å²) in [7, 11) is 0. The van der Waals surface area contributed by atoms with Crippen molar-refractivity contribution in [2.75, 3.05) is 26.4 Å². The monoisotopic (exact) mass is 478 g/mol. The summed E-state index contributed by atoms with van der Waals surface area (Å²) in [6.07, 6.45) is 5.43. The first-order valence-electron chi connectivity index (χ1n) is 12.9. The van der Waals surface area contributed by atoms with Crippen molar-refractivity contribution in [3.8, 4) is 5.75 Å². The Bertz CT molecular complexity index is 721. The molecule has 5 rings (SSSR count). The van der Waals surface area contributed by atoms with Crippen molar-refractivity contribution < 1.29 is 38.3 Å². The van der Waals surface area contributed by atoms with Gasteiger partial charge in [0.1, 0.15) is 24.6 Å². The summed E-state index contributed by atoms with van der Waals surface area (Å²) >= 11 is 0. The minimum atomic E-state index is -0.948. The third-order valence-corrected chi connectivity index (χ3v) is 7.17. The van der Waals surface area contributed by atoms with Crippen LogP contribution in [-0.4, -0.2) is 74.8 Å². The number of hydrogen-bond acceptors (Lipinski definition) is 8. The van der Waals surface area contributed by atoms with Gasteiger partial charge in [-0.3, -0.25) is 0 Å². The van der Waals surface area contributed by atoms with Crippen LogP contribution >= 0.6 is 0 Å². The van der Waals surface area contributed by atoms with E-state index in [1.54, 1.807) is 0 Å². The summed E-state index contributed by atoms with van der Waals surface area (Å²) in [6.45, 7) is 2.18. The fourth-order valence-electron chi connectivity index (χ4n) is 5.42. The van der Waals surface area contributed by atoms with Crippen LogP contribution in [-0.2, 0) is 28.4 Å². The molecule has 1 saturated carbocycles. The molecule has 1 aromatic rings. The SMILES string of the molecule is OC1OC2CCC(OCC(COc3ccccc3)OC3CCCCO3)[C@H]2C1OC1CCCCO1. The average Bonchev–Trinajstić information content (AvgIpc) is 3.41. The van der Waals surface area contributed by atoms with Crippen molar-refractivity contribution in [1.29, 1.82) is 0 Å². The zero-order chi connectivity index (χ0) is 23.2. The van der Waals surface area contributed by atoms with E-state index in [1.165, 1.54) is 0 Å². The normalized spacial score (nSPS) is 36.8. The molecule has 190 valence electrons. The van der Waals surface area contributed by atoms with Crippen molar-refractivity contribution >= 4 is 0 Å². The summed E-state index contributed by atoms with van der Waals surface area (Å²) < 4.78 is 42.2. The fourth-order valence-corrected chi connectivity index (χ4v) is 5.42. The fraction of sp³-hybridized carbons (Fsp3) is 0.769. The Morgan fingerprint density at radius 1 is 0.882 bits per heavy atom.